The SMILES string of the molecule is N#C/C(=C/Nc1ccc(Cl)cn1)C(=O)NCc1ccccc1Cl. The van der Waals surface area contributed by atoms with Gasteiger partial charge in [-0.1, -0.05) is 41.4 Å². The molecule has 2 rings (SSSR count). The number of halogens is 2. The monoisotopic (exact) mass is 346 g/mol. The van der Waals surface area contributed by atoms with Gasteiger partial charge >= 0.3 is 0 Å². The Labute approximate surface area is 143 Å². The van der Waals surface area contributed by atoms with Gasteiger partial charge in [-0.2, -0.15) is 5.26 Å². The second-order valence-corrected chi connectivity index (χ2v) is 5.29. The number of nitrogens with one attached hydrogen (secondary N) is 2. The molecule has 0 bridgehead atoms. The molecule has 0 saturated heterocycles. The highest BCUT2D eigenvalue weighted by atomic mass is 35.5. The molecule has 0 unspecified atom stereocenters. The maximum absolute atomic E-state index is 12.0. The number of benzene rings is 1. The van der Waals surface area contributed by atoms with Crippen LogP contribution in [0.4, 0.5) is 5.82 Å². The van der Waals surface area contributed by atoms with Crippen molar-refractivity contribution in [3.63, 3.8) is 0 Å². The van der Waals surface area contributed by atoms with Crippen molar-refractivity contribution >= 4 is 34.9 Å². The Kier molecular flexibility index (Phi) is 5.98. The van der Waals surface area contributed by atoms with E-state index in [9.17, 15) is 4.79 Å². The van der Waals surface area contributed by atoms with E-state index in [1.54, 1.807) is 30.3 Å². The van der Waals surface area contributed by atoms with Crippen LogP contribution in [0.25, 0.3) is 0 Å². The average Bonchev–Trinajstić information content (AvgIpc) is 2.56. The number of aromatic nitrogens is 1. The first-order valence-corrected chi connectivity index (χ1v) is 7.35. The zero-order valence-electron chi connectivity index (χ0n) is 11.9. The van der Waals surface area contributed by atoms with E-state index in [0.29, 0.717) is 15.9 Å². The van der Waals surface area contributed by atoms with E-state index in [2.05, 4.69) is 15.6 Å². The number of carbonyl (C=O) groups is 1. The molecule has 0 aliphatic rings. The van der Waals surface area contributed by atoms with Crippen LogP contribution >= 0.6 is 23.2 Å². The Hall–Kier alpha value is -2.55. The van der Waals surface area contributed by atoms with Crippen LogP contribution in [0.5, 0.6) is 0 Å². The molecular formula is C16H12Cl2N4O. The highest BCUT2D eigenvalue weighted by Gasteiger charge is 2.09. The van der Waals surface area contributed by atoms with Crippen molar-refractivity contribution in [1.29, 1.82) is 5.26 Å². The van der Waals surface area contributed by atoms with Gasteiger partial charge in [-0.25, -0.2) is 4.98 Å². The normalized spacial score (nSPS) is 10.7. The van der Waals surface area contributed by atoms with Crippen LogP contribution in [0.1, 0.15) is 5.56 Å². The van der Waals surface area contributed by atoms with Crippen molar-refractivity contribution in [2.45, 2.75) is 6.54 Å². The van der Waals surface area contributed by atoms with Gasteiger partial charge in [0.25, 0.3) is 5.91 Å². The van der Waals surface area contributed by atoms with E-state index in [1.165, 1.54) is 12.4 Å². The predicted molar refractivity (Wildman–Crippen MR) is 89.9 cm³/mol. The molecule has 7 heteroatoms. The zero-order valence-corrected chi connectivity index (χ0v) is 13.4. The molecule has 1 amide bonds. The van der Waals surface area contributed by atoms with Crippen LogP contribution in [0.15, 0.2) is 54.4 Å². The summed E-state index contributed by atoms with van der Waals surface area (Å²) in [4.78, 5) is 16.0. The number of hydrogen-bond acceptors (Lipinski definition) is 4. The first-order chi connectivity index (χ1) is 11.1. The van der Waals surface area contributed by atoms with Gasteiger partial charge in [0.1, 0.15) is 17.5 Å². The first-order valence-electron chi connectivity index (χ1n) is 6.60. The number of pyridine rings is 1. The molecule has 0 fully saturated rings. The maximum Gasteiger partial charge on any atom is 0.263 e. The Morgan fingerprint density at radius 1 is 1.26 bits per heavy atom. The topological polar surface area (TPSA) is 77.8 Å². The summed E-state index contributed by atoms with van der Waals surface area (Å²) in [6, 6.07) is 12.3. The van der Waals surface area contributed by atoms with Crippen LogP contribution in [0.3, 0.4) is 0 Å². The molecule has 0 atom stereocenters. The molecule has 1 aromatic carbocycles. The van der Waals surface area contributed by atoms with Crippen molar-refractivity contribution in [2.75, 3.05) is 5.32 Å². The molecule has 116 valence electrons. The van der Waals surface area contributed by atoms with Gasteiger partial charge in [0.2, 0.25) is 0 Å². The van der Waals surface area contributed by atoms with Gasteiger partial charge < -0.3 is 10.6 Å². The minimum absolute atomic E-state index is 0.0752. The summed E-state index contributed by atoms with van der Waals surface area (Å²) in [5, 5.41) is 15.5. The molecule has 2 N–H and O–H groups in total. The zero-order chi connectivity index (χ0) is 16.7. The smallest absolute Gasteiger partial charge is 0.263 e. The molecule has 0 aliphatic heterocycles. The van der Waals surface area contributed by atoms with E-state index in [0.717, 1.165) is 5.56 Å². The summed E-state index contributed by atoms with van der Waals surface area (Å²) in [5.41, 5.74) is 0.695. The second kappa shape index (κ2) is 8.18. The lowest BCUT2D eigenvalue weighted by Gasteiger charge is -2.06. The first kappa shape index (κ1) is 16.8. The molecule has 0 spiro atoms. The molecular weight excluding hydrogens is 335 g/mol. The fourth-order valence-corrected chi connectivity index (χ4v) is 1.98. The Morgan fingerprint density at radius 2 is 2.04 bits per heavy atom. The number of hydrogen-bond donors (Lipinski definition) is 2. The molecule has 1 aromatic heterocycles. The van der Waals surface area contributed by atoms with Crippen molar-refractivity contribution in [3.05, 3.63) is 70.0 Å². The number of nitrogens with zero attached hydrogens (tertiary/aromatic N) is 2. The van der Waals surface area contributed by atoms with Crippen molar-refractivity contribution in [1.82, 2.24) is 10.3 Å². The van der Waals surface area contributed by atoms with Crippen LogP contribution < -0.4 is 10.6 Å². The fourth-order valence-electron chi connectivity index (χ4n) is 1.67. The van der Waals surface area contributed by atoms with Gasteiger partial charge in [0, 0.05) is 24.0 Å². The van der Waals surface area contributed by atoms with E-state index < -0.39 is 5.91 Å². The maximum atomic E-state index is 12.0. The molecule has 23 heavy (non-hydrogen) atoms. The number of carbonyl (C=O) groups excluding carboxylic acids is 1. The largest absolute Gasteiger partial charge is 0.347 e. The lowest BCUT2D eigenvalue weighted by atomic mass is 10.2. The standard InChI is InChI=1S/C16H12Cl2N4O/c17-13-5-6-15(21-10-13)20-9-12(7-19)16(23)22-8-11-3-1-2-4-14(11)18/h1-6,9-10H,8H2,(H,20,21)(H,22,23)/b12-9-. The van der Waals surface area contributed by atoms with Gasteiger partial charge in [0.15, 0.2) is 0 Å². The Balaban J connectivity index is 1.98. The fraction of sp³-hybridized carbons (Fsp3) is 0.0625. The number of amides is 1. The summed E-state index contributed by atoms with van der Waals surface area (Å²) in [7, 11) is 0. The predicted octanol–water partition coefficient (Wildman–Crippen LogP) is 3.52. The molecule has 2 aromatic rings. The van der Waals surface area contributed by atoms with Gasteiger partial charge in [0.05, 0.1) is 5.02 Å². The minimum Gasteiger partial charge on any atom is -0.347 e. The molecule has 5 nitrogen and oxygen atoms in total. The minimum atomic E-state index is -0.506. The molecule has 1 heterocycles. The summed E-state index contributed by atoms with van der Waals surface area (Å²) >= 11 is 11.7. The summed E-state index contributed by atoms with van der Waals surface area (Å²) in [6.07, 6.45) is 2.75. The van der Waals surface area contributed by atoms with E-state index in [-0.39, 0.29) is 12.1 Å². The van der Waals surface area contributed by atoms with Crippen molar-refractivity contribution < 1.29 is 4.79 Å². The van der Waals surface area contributed by atoms with Gasteiger partial charge in [-0.15, -0.1) is 0 Å². The third-order valence-electron chi connectivity index (χ3n) is 2.85. The quantitative estimate of drug-likeness (QED) is 0.641. The summed E-state index contributed by atoms with van der Waals surface area (Å²) in [5.74, 6) is -0.0325. The lowest BCUT2D eigenvalue weighted by Crippen LogP contribution is -2.24. The van der Waals surface area contributed by atoms with Crippen LogP contribution in [-0.2, 0) is 11.3 Å². The van der Waals surface area contributed by atoms with Crippen molar-refractivity contribution in [3.8, 4) is 6.07 Å². The molecule has 0 aliphatic carbocycles. The highest BCUT2D eigenvalue weighted by molar-refractivity contribution is 6.31. The summed E-state index contributed by atoms with van der Waals surface area (Å²) < 4.78 is 0. The van der Waals surface area contributed by atoms with Crippen LogP contribution in [0, 0.1) is 11.3 Å². The average molecular weight is 347 g/mol. The van der Waals surface area contributed by atoms with Gasteiger partial charge in [-0.05, 0) is 23.8 Å². The summed E-state index contributed by atoms with van der Waals surface area (Å²) in [6.45, 7) is 0.233. The van der Waals surface area contributed by atoms with Crippen LogP contribution in [-0.4, -0.2) is 10.9 Å². The van der Waals surface area contributed by atoms with E-state index in [4.69, 9.17) is 28.5 Å². The molecule has 0 saturated carbocycles. The molecule has 0 radical (unpaired) electrons. The Bertz CT molecular complexity index is 766. The Morgan fingerprint density at radius 3 is 2.70 bits per heavy atom. The number of anilines is 1. The lowest BCUT2D eigenvalue weighted by molar-refractivity contribution is -0.117. The van der Waals surface area contributed by atoms with E-state index >= 15 is 0 Å². The second-order valence-electron chi connectivity index (χ2n) is 4.45. The van der Waals surface area contributed by atoms with Crippen molar-refractivity contribution in [2.24, 2.45) is 0 Å². The van der Waals surface area contributed by atoms with Gasteiger partial charge in [-0.3, -0.25) is 4.79 Å². The number of rotatable bonds is 5. The number of nitriles is 1. The third-order valence-corrected chi connectivity index (χ3v) is 3.45. The van der Waals surface area contributed by atoms with Crippen LogP contribution in [0.2, 0.25) is 10.0 Å². The van der Waals surface area contributed by atoms with E-state index in [1.807, 2.05) is 12.1 Å². The third kappa shape index (κ3) is 4.99. The highest BCUT2D eigenvalue weighted by Crippen LogP contribution is 2.14.